The number of aliphatic hydroxyl groups is 1. The number of para-hydroxylation sites is 1. The summed E-state index contributed by atoms with van der Waals surface area (Å²) in [6, 6.07) is 5.00. The summed E-state index contributed by atoms with van der Waals surface area (Å²) < 4.78 is 20.9. The molecule has 1 aromatic rings. The lowest BCUT2D eigenvalue weighted by Crippen LogP contribution is -2.27. The molecule has 0 amide bonds. The van der Waals surface area contributed by atoms with Gasteiger partial charge in [0.15, 0.2) is 17.8 Å². The first-order valence-corrected chi connectivity index (χ1v) is 6.66. The molecular formula is C15H22O6. The first-order chi connectivity index (χ1) is 10.1. The molecule has 0 saturated carbocycles. The Morgan fingerprint density at radius 2 is 2.00 bits per heavy atom. The van der Waals surface area contributed by atoms with E-state index in [1.54, 1.807) is 25.3 Å². The molecule has 1 rings (SSSR count). The molecule has 1 aromatic carbocycles. The predicted molar refractivity (Wildman–Crippen MR) is 77.2 cm³/mol. The van der Waals surface area contributed by atoms with Crippen molar-refractivity contribution in [1.29, 1.82) is 0 Å². The summed E-state index contributed by atoms with van der Waals surface area (Å²) in [5.74, 6) is 0.763. The van der Waals surface area contributed by atoms with Crippen LogP contribution in [0.15, 0.2) is 18.2 Å². The number of carbonyl (C=O) groups is 1. The van der Waals surface area contributed by atoms with Crippen molar-refractivity contribution >= 4 is 6.29 Å². The second kappa shape index (κ2) is 9.33. The van der Waals surface area contributed by atoms with Crippen LogP contribution in [0, 0.1) is 0 Å². The van der Waals surface area contributed by atoms with Gasteiger partial charge in [-0.05, 0) is 19.1 Å². The van der Waals surface area contributed by atoms with E-state index in [1.165, 1.54) is 7.11 Å². The van der Waals surface area contributed by atoms with E-state index in [2.05, 4.69) is 0 Å². The van der Waals surface area contributed by atoms with Crippen LogP contribution in [-0.2, 0) is 9.47 Å². The van der Waals surface area contributed by atoms with Crippen LogP contribution in [-0.4, -0.2) is 57.6 Å². The van der Waals surface area contributed by atoms with Crippen LogP contribution in [0.4, 0.5) is 0 Å². The number of carbonyl (C=O) groups excluding carboxylic acids is 1. The van der Waals surface area contributed by atoms with E-state index in [4.69, 9.17) is 18.9 Å². The largest absolute Gasteiger partial charge is 0.493 e. The minimum absolute atomic E-state index is 0.000908. The summed E-state index contributed by atoms with van der Waals surface area (Å²) >= 11 is 0. The average molecular weight is 298 g/mol. The molecule has 0 heterocycles. The Kier molecular flexibility index (Phi) is 7.74. The van der Waals surface area contributed by atoms with Crippen molar-refractivity contribution in [2.75, 3.05) is 34.0 Å². The Hall–Kier alpha value is -1.63. The van der Waals surface area contributed by atoms with Crippen molar-refractivity contribution in [3.05, 3.63) is 23.8 Å². The third-order valence-electron chi connectivity index (χ3n) is 2.75. The fourth-order valence-corrected chi connectivity index (χ4v) is 1.73. The first kappa shape index (κ1) is 17.4. The fourth-order valence-electron chi connectivity index (χ4n) is 1.73. The van der Waals surface area contributed by atoms with Gasteiger partial charge in [0, 0.05) is 7.11 Å². The molecule has 2 atom stereocenters. The maximum atomic E-state index is 11.0. The number of rotatable bonds is 10. The molecule has 0 radical (unpaired) electrons. The van der Waals surface area contributed by atoms with Gasteiger partial charge in [0.2, 0.25) is 0 Å². The van der Waals surface area contributed by atoms with Gasteiger partial charge < -0.3 is 24.1 Å². The minimum Gasteiger partial charge on any atom is -0.493 e. The summed E-state index contributed by atoms with van der Waals surface area (Å²) in [6.45, 7) is 2.42. The van der Waals surface area contributed by atoms with E-state index in [0.717, 1.165) is 0 Å². The smallest absolute Gasteiger partial charge is 0.171 e. The Labute approximate surface area is 124 Å². The molecule has 0 aromatic heterocycles. The zero-order valence-electron chi connectivity index (χ0n) is 12.6. The van der Waals surface area contributed by atoms with Gasteiger partial charge in [0.1, 0.15) is 12.7 Å². The third-order valence-corrected chi connectivity index (χ3v) is 2.75. The molecule has 6 heteroatoms. The zero-order chi connectivity index (χ0) is 15.7. The number of aldehydes is 1. The zero-order valence-corrected chi connectivity index (χ0v) is 12.6. The summed E-state index contributed by atoms with van der Waals surface area (Å²) in [4.78, 5) is 11.0. The molecular weight excluding hydrogens is 276 g/mol. The SMILES string of the molecule is COCC(C)OCC(O)COc1c(C=O)cccc1OC. The molecule has 2 unspecified atom stereocenters. The Morgan fingerprint density at radius 1 is 1.24 bits per heavy atom. The van der Waals surface area contributed by atoms with Crippen LogP contribution in [0.5, 0.6) is 11.5 Å². The maximum absolute atomic E-state index is 11.0. The molecule has 1 N–H and O–H groups in total. The first-order valence-electron chi connectivity index (χ1n) is 6.66. The number of hydrogen-bond donors (Lipinski definition) is 1. The molecule has 0 saturated heterocycles. The molecule has 21 heavy (non-hydrogen) atoms. The average Bonchev–Trinajstić information content (AvgIpc) is 2.50. The van der Waals surface area contributed by atoms with Crippen molar-refractivity contribution in [2.45, 2.75) is 19.1 Å². The van der Waals surface area contributed by atoms with Gasteiger partial charge in [-0.15, -0.1) is 0 Å². The fraction of sp³-hybridized carbons (Fsp3) is 0.533. The number of aliphatic hydroxyl groups excluding tert-OH is 1. The highest BCUT2D eigenvalue weighted by molar-refractivity contribution is 5.81. The molecule has 6 nitrogen and oxygen atoms in total. The summed E-state index contributed by atoms with van der Waals surface area (Å²) in [5.41, 5.74) is 0.371. The molecule has 0 aliphatic carbocycles. The Bertz CT molecular complexity index is 434. The van der Waals surface area contributed by atoms with E-state index in [-0.39, 0.29) is 19.3 Å². The van der Waals surface area contributed by atoms with Gasteiger partial charge in [0.05, 0.1) is 32.0 Å². The van der Waals surface area contributed by atoms with Crippen molar-refractivity contribution in [3.63, 3.8) is 0 Å². The second-order valence-electron chi connectivity index (χ2n) is 4.56. The highest BCUT2D eigenvalue weighted by atomic mass is 16.5. The van der Waals surface area contributed by atoms with Crippen molar-refractivity contribution < 1.29 is 28.8 Å². The van der Waals surface area contributed by atoms with Crippen LogP contribution in [0.2, 0.25) is 0 Å². The van der Waals surface area contributed by atoms with E-state index in [1.807, 2.05) is 6.92 Å². The van der Waals surface area contributed by atoms with Gasteiger partial charge in [-0.25, -0.2) is 0 Å². The number of hydrogen-bond acceptors (Lipinski definition) is 6. The summed E-state index contributed by atoms with van der Waals surface area (Å²) in [7, 11) is 3.07. The second-order valence-corrected chi connectivity index (χ2v) is 4.56. The summed E-state index contributed by atoms with van der Waals surface area (Å²) in [5, 5.41) is 9.83. The van der Waals surface area contributed by atoms with Gasteiger partial charge >= 0.3 is 0 Å². The van der Waals surface area contributed by atoms with E-state index < -0.39 is 6.10 Å². The van der Waals surface area contributed by atoms with E-state index in [0.29, 0.717) is 30.0 Å². The number of benzene rings is 1. The molecule has 0 aliphatic rings. The molecule has 118 valence electrons. The van der Waals surface area contributed by atoms with Crippen LogP contribution in [0.1, 0.15) is 17.3 Å². The van der Waals surface area contributed by atoms with E-state index >= 15 is 0 Å². The van der Waals surface area contributed by atoms with Gasteiger partial charge in [0.25, 0.3) is 0 Å². The normalized spacial score (nSPS) is 13.5. The Morgan fingerprint density at radius 3 is 2.62 bits per heavy atom. The lowest BCUT2D eigenvalue weighted by atomic mass is 10.2. The maximum Gasteiger partial charge on any atom is 0.171 e. The van der Waals surface area contributed by atoms with Gasteiger partial charge in [-0.1, -0.05) is 6.07 Å². The standard InChI is InChI=1S/C15H22O6/c1-11(8-18-2)20-9-13(17)10-21-15-12(7-16)5-4-6-14(15)19-3/h4-7,11,13,17H,8-10H2,1-3H3. The summed E-state index contributed by atoms with van der Waals surface area (Å²) in [6.07, 6.45) is -0.239. The van der Waals surface area contributed by atoms with Crippen LogP contribution in [0.3, 0.4) is 0 Å². The molecule has 0 spiro atoms. The van der Waals surface area contributed by atoms with Crippen LogP contribution < -0.4 is 9.47 Å². The Balaban J connectivity index is 2.52. The van der Waals surface area contributed by atoms with E-state index in [9.17, 15) is 9.90 Å². The van der Waals surface area contributed by atoms with Crippen molar-refractivity contribution in [2.24, 2.45) is 0 Å². The van der Waals surface area contributed by atoms with Crippen LogP contribution >= 0.6 is 0 Å². The third kappa shape index (κ3) is 5.71. The van der Waals surface area contributed by atoms with Gasteiger partial charge in [-0.3, -0.25) is 4.79 Å². The lowest BCUT2D eigenvalue weighted by Gasteiger charge is -2.18. The minimum atomic E-state index is -0.811. The number of ether oxygens (including phenoxy) is 4. The number of methoxy groups -OCH3 is 2. The lowest BCUT2D eigenvalue weighted by molar-refractivity contribution is -0.0424. The highest BCUT2D eigenvalue weighted by Crippen LogP contribution is 2.30. The van der Waals surface area contributed by atoms with Gasteiger partial charge in [-0.2, -0.15) is 0 Å². The van der Waals surface area contributed by atoms with Crippen LogP contribution in [0.25, 0.3) is 0 Å². The molecule has 0 bridgehead atoms. The van der Waals surface area contributed by atoms with Crippen molar-refractivity contribution in [1.82, 2.24) is 0 Å². The predicted octanol–water partition coefficient (Wildman–Crippen LogP) is 1.30. The highest BCUT2D eigenvalue weighted by Gasteiger charge is 2.14. The molecule has 0 aliphatic heterocycles. The van der Waals surface area contributed by atoms with Crippen molar-refractivity contribution in [3.8, 4) is 11.5 Å². The molecule has 0 fully saturated rings. The monoisotopic (exact) mass is 298 g/mol. The quantitative estimate of drug-likeness (QED) is 0.656. The topological polar surface area (TPSA) is 74.2 Å².